The van der Waals surface area contributed by atoms with Crippen molar-refractivity contribution in [2.24, 2.45) is 23.7 Å². The van der Waals surface area contributed by atoms with Gasteiger partial charge in [-0.2, -0.15) is 0 Å². The second-order valence-corrected chi connectivity index (χ2v) is 9.17. The average molecular weight is 359 g/mol. The number of nitrogens with zero attached hydrogens (tertiary/aromatic N) is 1. The fourth-order valence-electron chi connectivity index (χ4n) is 4.39. The van der Waals surface area contributed by atoms with E-state index in [0.29, 0.717) is 18.4 Å². The fraction of sp³-hybridized carbons (Fsp3) is 1.00. The number of likely N-dealkylation sites (tertiary alicyclic amines) is 1. The molecule has 4 heteroatoms. The topological polar surface area (TPSA) is 15.3 Å². The molecular formula is C21H40F2N2. The third-order valence-electron chi connectivity index (χ3n) is 6.72. The minimum atomic E-state index is -2.49. The summed E-state index contributed by atoms with van der Waals surface area (Å²) in [6.07, 6.45) is 8.03. The molecule has 3 aliphatic rings. The van der Waals surface area contributed by atoms with Crippen LogP contribution in [-0.4, -0.2) is 43.0 Å². The van der Waals surface area contributed by atoms with E-state index in [4.69, 9.17) is 0 Å². The third-order valence-corrected chi connectivity index (χ3v) is 6.72. The van der Waals surface area contributed by atoms with E-state index >= 15 is 0 Å². The maximum Gasteiger partial charge on any atom is 0.263 e. The molecule has 0 aromatic carbocycles. The van der Waals surface area contributed by atoms with Gasteiger partial charge in [-0.15, -0.1) is 0 Å². The van der Waals surface area contributed by atoms with Crippen molar-refractivity contribution >= 4 is 0 Å². The average Bonchev–Trinajstić information content (AvgIpc) is 2.48. The number of piperidine rings is 2. The van der Waals surface area contributed by atoms with Gasteiger partial charge in [-0.05, 0) is 76.9 Å². The molecule has 0 bridgehead atoms. The second-order valence-electron chi connectivity index (χ2n) is 9.17. The third kappa shape index (κ3) is 6.46. The summed E-state index contributed by atoms with van der Waals surface area (Å²) in [5.41, 5.74) is 0. The van der Waals surface area contributed by atoms with Crippen LogP contribution in [0.3, 0.4) is 0 Å². The van der Waals surface area contributed by atoms with Crippen LogP contribution >= 0.6 is 0 Å². The van der Waals surface area contributed by atoms with Gasteiger partial charge in [-0.3, -0.25) is 0 Å². The molecule has 148 valence electrons. The lowest BCUT2D eigenvalue weighted by Crippen LogP contribution is -2.47. The quantitative estimate of drug-likeness (QED) is 0.744. The predicted octanol–water partition coefficient (Wildman–Crippen LogP) is 5.18. The molecule has 1 aliphatic carbocycles. The highest BCUT2D eigenvalue weighted by Gasteiger charge is 2.42. The number of alkyl halides is 2. The molecule has 3 fully saturated rings. The first-order valence-electron chi connectivity index (χ1n) is 10.6. The van der Waals surface area contributed by atoms with Crippen molar-refractivity contribution < 1.29 is 8.78 Å². The lowest BCUT2D eigenvalue weighted by molar-refractivity contribution is -0.0833. The van der Waals surface area contributed by atoms with Gasteiger partial charge in [-0.25, -0.2) is 8.78 Å². The van der Waals surface area contributed by atoms with Crippen LogP contribution in [0, 0.1) is 23.7 Å². The maximum absolute atomic E-state index is 13.8. The van der Waals surface area contributed by atoms with Gasteiger partial charge < -0.3 is 10.2 Å². The van der Waals surface area contributed by atoms with Crippen molar-refractivity contribution in [3.8, 4) is 0 Å². The Bertz CT molecular complexity index is 372. The van der Waals surface area contributed by atoms with Gasteiger partial charge >= 0.3 is 0 Å². The monoisotopic (exact) mass is 358 g/mol. The van der Waals surface area contributed by atoms with Crippen LogP contribution in [0.4, 0.5) is 8.78 Å². The van der Waals surface area contributed by atoms with Crippen molar-refractivity contribution in [3.63, 3.8) is 0 Å². The number of rotatable bonds is 4. The summed E-state index contributed by atoms with van der Waals surface area (Å²) in [5, 5.41) is 2.81. The van der Waals surface area contributed by atoms with Crippen LogP contribution in [-0.2, 0) is 0 Å². The Morgan fingerprint density at radius 1 is 1.00 bits per heavy atom. The summed E-state index contributed by atoms with van der Waals surface area (Å²) in [7, 11) is 0. The molecule has 1 saturated carbocycles. The van der Waals surface area contributed by atoms with Crippen LogP contribution in [0.25, 0.3) is 0 Å². The van der Waals surface area contributed by atoms with Gasteiger partial charge in [0, 0.05) is 12.0 Å². The molecule has 0 amide bonds. The Hall–Kier alpha value is -0.220. The highest BCUT2D eigenvalue weighted by atomic mass is 19.3. The molecule has 0 radical (unpaired) electrons. The molecule has 25 heavy (non-hydrogen) atoms. The maximum atomic E-state index is 13.8. The molecule has 2 nitrogen and oxygen atoms in total. The molecule has 2 saturated heterocycles. The molecule has 0 spiro atoms. The zero-order valence-corrected chi connectivity index (χ0v) is 16.9. The van der Waals surface area contributed by atoms with Crippen molar-refractivity contribution in [1.29, 1.82) is 0 Å². The smallest absolute Gasteiger partial charge is 0.263 e. The molecule has 1 N–H and O–H groups in total. The van der Waals surface area contributed by atoms with Crippen molar-refractivity contribution in [1.82, 2.24) is 10.2 Å². The van der Waals surface area contributed by atoms with Crippen molar-refractivity contribution in [2.45, 2.75) is 84.6 Å². The summed E-state index contributed by atoms with van der Waals surface area (Å²) in [6, 6.07) is 0.589. The Kier molecular flexibility index (Phi) is 8.13. The highest BCUT2D eigenvalue weighted by molar-refractivity contribution is 4.87. The summed E-state index contributed by atoms with van der Waals surface area (Å²) >= 11 is 0. The van der Waals surface area contributed by atoms with E-state index in [1.165, 1.54) is 19.3 Å². The number of hydrogen-bond donors (Lipinski definition) is 1. The first-order chi connectivity index (χ1) is 11.8. The van der Waals surface area contributed by atoms with Gasteiger partial charge in [0.15, 0.2) is 0 Å². The normalized spacial score (nSPS) is 28.6. The lowest BCUT2D eigenvalue weighted by Gasteiger charge is -2.38. The zero-order chi connectivity index (χ0) is 18.4. The molecule has 1 unspecified atom stereocenters. The molecule has 3 rings (SSSR count). The van der Waals surface area contributed by atoms with Gasteiger partial charge in [0.1, 0.15) is 0 Å². The summed E-state index contributed by atoms with van der Waals surface area (Å²) in [6.45, 7) is 11.9. The molecule has 2 heterocycles. The molecule has 1 atom stereocenters. The highest BCUT2D eigenvalue weighted by Crippen LogP contribution is 2.37. The fourth-order valence-corrected chi connectivity index (χ4v) is 4.39. The predicted molar refractivity (Wildman–Crippen MR) is 102 cm³/mol. The zero-order valence-electron chi connectivity index (χ0n) is 16.9. The van der Waals surface area contributed by atoms with Crippen LogP contribution in [0.15, 0.2) is 0 Å². The van der Waals surface area contributed by atoms with Crippen LogP contribution in [0.5, 0.6) is 0 Å². The largest absolute Gasteiger partial charge is 0.311 e. The number of hydrogen-bond acceptors (Lipinski definition) is 2. The minimum absolute atomic E-state index is 0.123. The van der Waals surface area contributed by atoms with Crippen LogP contribution in [0.1, 0.15) is 72.6 Å². The van der Waals surface area contributed by atoms with E-state index in [1.54, 1.807) is 0 Å². The molecular weight excluding hydrogens is 318 g/mol. The van der Waals surface area contributed by atoms with Crippen LogP contribution in [0.2, 0.25) is 0 Å². The molecule has 0 aromatic rings. The standard InChI is InChI=1S/C14H26F2N2.C7H14/c1-11(2)18-7-4-12(5-8-18)9-13-3-6-17-10-14(13,15)16;1-6(2)7-4-3-5-7/h11-13,17H,3-10H2,1-2H3;6-7H,3-5H2,1-2H3. The summed E-state index contributed by atoms with van der Waals surface area (Å²) < 4.78 is 27.5. The number of nitrogens with one attached hydrogen (secondary N) is 1. The van der Waals surface area contributed by atoms with E-state index < -0.39 is 11.8 Å². The van der Waals surface area contributed by atoms with E-state index in [0.717, 1.165) is 50.7 Å². The minimum Gasteiger partial charge on any atom is -0.311 e. The Morgan fingerprint density at radius 3 is 2.04 bits per heavy atom. The Balaban J connectivity index is 0.000000269. The van der Waals surface area contributed by atoms with Gasteiger partial charge in [0.05, 0.1) is 6.54 Å². The molecule has 2 aliphatic heterocycles. The van der Waals surface area contributed by atoms with Crippen molar-refractivity contribution in [3.05, 3.63) is 0 Å². The van der Waals surface area contributed by atoms with E-state index in [1.807, 2.05) is 0 Å². The molecule has 0 aromatic heterocycles. The van der Waals surface area contributed by atoms with Crippen LogP contribution < -0.4 is 5.32 Å². The Morgan fingerprint density at radius 2 is 1.64 bits per heavy atom. The SMILES string of the molecule is CC(C)C1CCC1.CC(C)N1CCC(CC2CCNCC2(F)F)CC1. The Labute approximate surface area is 154 Å². The lowest BCUT2D eigenvalue weighted by atomic mass is 9.78. The first kappa shape index (κ1) is 21.1. The summed E-state index contributed by atoms with van der Waals surface area (Å²) in [5.74, 6) is -0.343. The van der Waals surface area contributed by atoms with E-state index in [-0.39, 0.29) is 6.54 Å². The van der Waals surface area contributed by atoms with Crippen molar-refractivity contribution in [2.75, 3.05) is 26.2 Å². The second kappa shape index (κ2) is 9.64. The van der Waals surface area contributed by atoms with Gasteiger partial charge in [0.2, 0.25) is 0 Å². The van der Waals surface area contributed by atoms with E-state index in [2.05, 4.69) is 37.9 Å². The van der Waals surface area contributed by atoms with Gasteiger partial charge in [0.25, 0.3) is 5.92 Å². The van der Waals surface area contributed by atoms with E-state index in [9.17, 15) is 8.78 Å². The van der Waals surface area contributed by atoms with Gasteiger partial charge in [-0.1, -0.05) is 33.1 Å². The first-order valence-corrected chi connectivity index (χ1v) is 10.6. The number of halogens is 2. The summed E-state index contributed by atoms with van der Waals surface area (Å²) in [4.78, 5) is 2.46.